The van der Waals surface area contributed by atoms with E-state index in [1.165, 1.54) is 25.1 Å². The largest absolute Gasteiger partial charge is 0.360 e. The lowest BCUT2D eigenvalue weighted by Gasteiger charge is -2.35. The number of nitrogens with one attached hydrogen (secondary N) is 1. The van der Waals surface area contributed by atoms with Crippen LogP contribution in [0.4, 0.5) is 24.9 Å². The number of aryl methyl sites for hydroxylation is 2. The third-order valence-corrected chi connectivity index (χ3v) is 6.27. The molecule has 9 heteroatoms. The van der Waals surface area contributed by atoms with Crippen molar-refractivity contribution in [1.82, 2.24) is 15.0 Å². The number of H-pyrrole nitrogens is 1. The Bertz CT molecular complexity index is 1470. The second-order valence-corrected chi connectivity index (χ2v) is 8.43. The summed E-state index contributed by atoms with van der Waals surface area (Å²) in [5.41, 5.74) is 2.47. The van der Waals surface area contributed by atoms with Crippen LogP contribution in [0.3, 0.4) is 0 Å². The molecule has 2 aromatic heterocycles. The number of rotatable bonds is 2. The van der Waals surface area contributed by atoms with Gasteiger partial charge in [-0.3, -0.25) is 0 Å². The Labute approximate surface area is 192 Å². The van der Waals surface area contributed by atoms with Gasteiger partial charge in [-0.25, -0.2) is 13.2 Å². The third kappa shape index (κ3) is 3.31. The minimum atomic E-state index is -0.993. The number of aromatic nitrogens is 3. The molecule has 5 rings (SSSR count). The molecule has 0 spiro atoms. The van der Waals surface area contributed by atoms with Crippen LogP contribution in [0.25, 0.3) is 15.7 Å². The minimum absolute atomic E-state index is 0.0143. The van der Waals surface area contributed by atoms with Gasteiger partial charge < -0.3 is 14.7 Å². The van der Waals surface area contributed by atoms with Crippen molar-refractivity contribution in [1.29, 1.82) is 0 Å². The highest BCUT2D eigenvalue weighted by Gasteiger charge is 2.37. The molecule has 0 bridgehead atoms. The van der Waals surface area contributed by atoms with E-state index in [1.807, 2.05) is 0 Å². The zero-order valence-electron chi connectivity index (χ0n) is 17.7. The maximum Gasteiger partial charge on any atom is 0.323 e. The minimum Gasteiger partial charge on any atom is -0.360 e. The Morgan fingerprint density at radius 2 is 1.88 bits per heavy atom. The molecule has 2 aromatic carbocycles. The molecule has 166 valence electrons. The molecule has 5 nitrogen and oxygen atoms in total. The summed E-state index contributed by atoms with van der Waals surface area (Å²) >= 11 is 6.02. The maximum atomic E-state index is 15.3. The fourth-order valence-corrected chi connectivity index (χ4v) is 4.61. The van der Waals surface area contributed by atoms with Crippen LogP contribution < -0.4 is 4.90 Å². The molecular weight excluding hydrogens is 451 g/mol. The summed E-state index contributed by atoms with van der Waals surface area (Å²) in [6.07, 6.45) is 0.393. The van der Waals surface area contributed by atoms with Crippen molar-refractivity contribution in [3.05, 3.63) is 92.3 Å². The number of fused-ring (bicyclic) bond motifs is 3. The summed E-state index contributed by atoms with van der Waals surface area (Å²) in [5.74, 6) is -2.14. The average molecular weight is 468 g/mol. The van der Waals surface area contributed by atoms with E-state index < -0.39 is 23.5 Å². The Hall–Kier alpha value is -3.57. The van der Waals surface area contributed by atoms with Gasteiger partial charge in [-0.05, 0) is 49.6 Å². The lowest BCUT2D eigenvalue weighted by atomic mass is 9.91. The highest BCUT2D eigenvalue weighted by Crippen LogP contribution is 2.42. The van der Waals surface area contributed by atoms with Crippen molar-refractivity contribution in [3.8, 4) is 0 Å². The van der Waals surface area contributed by atoms with Crippen LogP contribution in [-0.2, 0) is 6.42 Å². The Morgan fingerprint density at radius 1 is 1.09 bits per heavy atom. The van der Waals surface area contributed by atoms with Crippen molar-refractivity contribution in [2.45, 2.75) is 26.3 Å². The van der Waals surface area contributed by atoms with E-state index in [4.69, 9.17) is 18.2 Å². The summed E-state index contributed by atoms with van der Waals surface area (Å²) in [6.45, 7) is 10.8. The number of hydrogen-bond donors (Lipinski definition) is 1. The van der Waals surface area contributed by atoms with Crippen LogP contribution in [0.1, 0.15) is 34.1 Å². The highest BCUT2D eigenvalue weighted by molar-refractivity contribution is 6.31. The average Bonchev–Trinajstić information content (AvgIpc) is 3.18. The first-order valence-electron chi connectivity index (χ1n) is 10.2. The van der Waals surface area contributed by atoms with Crippen LogP contribution in [0.5, 0.6) is 0 Å². The Kier molecular flexibility index (Phi) is 5.02. The molecule has 0 saturated carbocycles. The predicted molar refractivity (Wildman–Crippen MR) is 120 cm³/mol. The second kappa shape index (κ2) is 7.78. The van der Waals surface area contributed by atoms with Gasteiger partial charge in [0.25, 0.3) is 5.82 Å². The maximum absolute atomic E-state index is 15.3. The SMILES string of the molecule is [C-]#[N+]c1cc(C)nc(N2CCc3c([nH]c4ccc(Cl)c(F)c34)C2c2ccc(C)c(F)c2F)n1. The molecule has 33 heavy (non-hydrogen) atoms. The number of aromatic amines is 1. The van der Waals surface area contributed by atoms with Crippen LogP contribution in [-0.4, -0.2) is 21.5 Å². The molecule has 4 aromatic rings. The number of nitrogens with zero attached hydrogens (tertiary/aromatic N) is 4. The predicted octanol–water partition coefficient (Wildman–Crippen LogP) is 6.35. The Morgan fingerprint density at radius 3 is 2.64 bits per heavy atom. The van der Waals surface area contributed by atoms with Gasteiger partial charge in [-0.15, -0.1) is 0 Å². The zero-order valence-corrected chi connectivity index (χ0v) is 18.4. The van der Waals surface area contributed by atoms with Gasteiger partial charge >= 0.3 is 5.95 Å². The van der Waals surface area contributed by atoms with E-state index in [1.54, 1.807) is 24.0 Å². The van der Waals surface area contributed by atoms with E-state index in [9.17, 15) is 8.78 Å². The van der Waals surface area contributed by atoms with Crippen molar-refractivity contribution < 1.29 is 13.2 Å². The van der Waals surface area contributed by atoms with Gasteiger partial charge in [0.15, 0.2) is 17.5 Å². The van der Waals surface area contributed by atoms with Crippen molar-refractivity contribution in [2.75, 3.05) is 11.4 Å². The van der Waals surface area contributed by atoms with Gasteiger partial charge in [0, 0.05) is 34.4 Å². The first-order valence-corrected chi connectivity index (χ1v) is 10.6. The monoisotopic (exact) mass is 467 g/mol. The van der Waals surface area contributed by atoms with E-state index in [0.717, 1.165) is 0 Å². The molecule has 3 heterocycles. The molecule has 1 N–H and O–H groups in total. The lowest BCUT2D eigenvalue weighted by molar-refractivity contribution is 0.481. The molecule has 1 unspecified atom stereocenters. The number of anilines is 1. The third-order valence-electron chi connectivity index (χ3n) is 5.98. The van der Waals surface area contributed by atoms with E-state index >= 15 is 4.39 Å². The van der Waals surface area contributed by atoms with E-state index in [-0.39, 0.29) is 27.9 Å². The smallest absolute Gasteiger partial charge is 0.323 e. The molecular formula is C24H17ClF3N5. The molecule has 0 fully saturated rings. The van der Waals surface area contributed by atoms with Crippen LogP contribution in [0.15, 0.2) is 30.3 Å². The quantitative estimate of drug-likeness (QED) is 0.349. The Balaban J connectivity index is 1.80. The van der Waals surface area contributed by atoms with E-state index in [0.29, 0.717) is 40.8 Å². The number of halogens is 4. The molecule has 0 aliphatic carbocycles. The first kappa shape index (κ1) is 21.3. The lowest BCUT2D eigenvalue weighted by Crippen LogP contribution is -2.38. The van der Waals surface area contributed by atoms with Gasteiger partial charge in [0.1, 0.15) is 6.04 Å². The van der Waals surface area contributed by atoms with Crippen LogP contribution in [0.2, 0.25) is 5.02 Å². The molecule has 0 radical (unpaired) electrons. The van der Waals surface area contributed by atoms with Gasteiger partial charge in [-0.2, -0.15) is 4.98 Å². The summed E-state index contributed by atoms with van der Waals surface area (Å²) in [7, 11) is 0. The number of benzene rings is 2. The summed E-state index contributed by atoms with van der Waals surface area (Å²) < 4.78 is 44.8. The van der Waals surface area contributed by atoms with Crippen molar-refractivity contribution in [3.63, 3.8) is 0 Å². The topological polar surface area (TPSA) is 49.2 Å². The summed E-state index contributed by atoms with van der Waals surface area (Å²) in [5, 5.41) is 0.321. The van der Waals surface area contributed by atoms with Crippen LogP contribution >= 0.6 is 11.6 Å². The van der Waals surface area contributed by atoms with Crippen molar-refractivity contribution in [2.24, 2.45) is 0 Å². The normalized spacial score (nSPS) is 15.5. The zero-order chi connectivity index (χ0) is 23.4. The van der Waals surface area contributed by atoms with Crippen LogP contribution in [0, 0.1) is 37.9 Å². The first-order chi connectivity index (χ1) is 15.8. The summed E-state index contributed by atoms with van der Waals surface area (Å²) in [4.78, 5) is 17.1. The molecule has 0 saturated heterocycles. The standard InChI is InChI=1S/C24H17ClF3N5/c1-11-4-5-14(20(27)19(11)26)23-22-13(18-16(31-22)7-6-15(25)21(18)28)8-9-33(23)24-30-12(2)10-17(29-3)32-24/h4-7,10,23,31H,8-9H2,1-2H3. The van der Waals surface area contributed by atoms with Crippen molar-refractivity contribution >= 4 is 34.3 Å². The van der Waals surface area contributed by atoms with Gasteiger partial charge in [-0.1, -0.05) is 35.3 Å². The molecule has 1 aliphatic rings. The highest BCUT2D eigenvalue weighted by atomic mass is 35.5. The van der Waals surface area contributed by atoms with E-state index in [2.05, 4.69) is 19.8 Å². The molecule has 1 atom stereocenters. The second-order valence-electron chi connectivity index (χ2n) is 8.03. The summed E-state index contributed by atoms with van der Waals surface area (Å²) in [6, 6.07) is 6.81. The molecule has 0 amide bonds. The van der Waals surface area contributed by atoms with Gasteiger partial charge in [0.2, 0.25) is 0 Å². The fraction of sp³-hybridized carbons (Fsp3) is 0.208. The fourth-order valence-electron chi connectivity index (χ4n) is 4.45. The number of hydrogen-bond acceptors (Lipinski definition) is 3. The molecule has 1 aliphatic heterocycles. The van der Waals surface area contributed by atoms with Gasteiger partial charge in [0.05, 0.1) is 5.02 Å².